The number of benzene rings is 5. The van der Waals surface area contributed by atoms with Gasteiger partial charge in [-0.1, -0.05) is 135 Å². The lowest BCUT2D eigenvalue weighted by atomic mass is 9.77. The Morgan fingerprint density at radius 1 is 0.429 bits per heavy atom. The number of halogens is 4. The summed E-state index contributed by atoms with van der Waals surface area (Å²) in [6.45, 7) is 22.7. The van der Waals surface area contributed by atoms with Gasteiger partial charge in [0.25, 0.3) is 0 Å². The smallest absolute Gasteiger partial charge is 0.170 e. The van der Waals surface area contributed by atoms with E-state index in [-0.39, 0.29) is 16.5 Å². The lowest BCUT2D eigenvalue weighted by Gasteiger charge is -2.27. The van der Waals surface area contributed by atoms with Crippen LogP contribution in [0.4, 0.5) is 17.6 Å². The first-order chi connectivity index (χ1) is 22.7. The predicted octanol–water partition coefficient (Wildman–Crippen LogP) is 13.1. The van der Waals surface area contributed by atoms with Crippen molar-refractivity contribution >= 4 is 0 Å². The predicted molar refractivity (Wildman–Crippen MR) is 194 cm³/mol. The second-order valence-corrected chi connectivity index (χ2v) is 17.2. The number of rotatable bonds is 2. The molecule has 0 N–H and O–H groups in total. The van der Waals surface area contributed by atoms with Crippen LogP contribution in [-0.2, 0) is 21.7 Å². The standard InChI is InChI=1S/C45H44F4/c1-23-18-28(35-27-17-16-24(42(2,3)4)21-31(27)45(10,11)32(35)19-23)36-38(46)40(48)37(41(49)39(36)47)29-20-25(43(5,6)7)22-33-34(29)26-14-12-13-15-30(26)44(33,8)9/h12-22H,1-11H3. The molecule has 0 amide bonds. The summed E-state index contributed by atoms with van der Waals surface area (Å²) < 4.78 is 67.3. The van der Waals surface area contributed by atoms with E-state index in [0.717, 1.165) is 50.1 Å². The van der Waals surface area contributed by atoms with Crippen molar-refractivity contribution in [3.05, 3.63) is 129 Å². The molecule has 0 nitrogen and oxygen atoms in total. The van der Waals surface area contributed by atoms with E-state index in [1.165, 1.54) is 0 Å². The summed E-state index contributed by atoms with van der Waals surface area (Å²) in [6, 6.07) is 21.4. The highest BCUT2D eigenvalue weighted by molar-refractivity contribution is 5.96. The molecule has 5 aromatic rings. The first kappa shape index (κ1) is 33.3. The lowest BCUT2D eigenvalue weighted by molar-refractivity contribution is 0.463. The second-order valence-electron chi connectivity index (χ2n) is 17.2. The number of fused-ring (bicyclic) bond motifs is 6. The van der Waals surface area contributed by atoms with Crippen LogP contribution in [0.2, 0.25) is 0 Å². The van der Waals surface area contributed by atoms with Crippen molar-refractivity contribution in [3.8, 4) is 44.5 Å². The topological polar surface area (TPSA) is 0 Å². The molecule has 0 radical (unpaired) electrons. The molecular formula is C45H44F4. The zero-order valence-electron chi connectivity index (χ0n) is 30.4. The highest BCUT2D eigenvalue weighted by Crippen LogP contribution is 2.57. The quantitative estimate of drug-likeness (QED) is 0.131. The van der Waals surface area contributed by atoms with E-state index in [1.807, 2.05) is 70.2 Å². The van der Waals surface area contributed by atoms with Crippen LogP contribution in [0.3, 0.4) is 0 Å². The highest BCUT2D eigenvalue weighted by Gasteiger charge is 2.42. The molecule has 0 bridgehead atoms. The van der Waals surface area contributed by atoms with E-state index in [1.54, 1.807) is 12.1 Å². The summed E-state index contributed by atoms with van der Waals surface area (Å²) in [5.74, 6) is -5.56. The monoisotopic (exact) mass is 660 g/mol. The maximum absolute atomic E-state index is 16.8. The van der Waals surface area contributed by atoms with E-state index < -0.39 is 50.6 Å². The van der Waals surface area contributed by atoms with Crippen LogP contribution in [0.1, 0.15) is 108 Å². The summed E-state index contributed by atoms with van der Waals surface area (Å²) in [6.07, 6.45) is 0. The summed E-state index contributed by atoms with van der Waals surface area (Å²) in [4.78, 5) is 0. The SMILES string of the molecule is Cc1cc(-c2c(F)c(F)c(-c3cc(C(C)(C)C)cc4c3-c3ccccc3C4(C)C)c(F)c2F)c2c(c1)C(C)(C)c1cc(C(C)(C)C)ccc1-2. The average Bonchev–Trinajstić information content (AvgIpc) is 3.38. The van der Waals surface area contributed by atoms with Gasteiger partial charge in [0.15, 0.2) is 23.3 Å². The van der Waals surface area contributed by atoms with Crippen LogP contribution < -0.4 is 0 Å². The second kappa shape index (κ2) is 10.4. The van der Waals surface area contributed by atoms with Crippen molar-refractivity contribution in [1.29, 1.82) is 0 Å². The van der Waals surface area contributed by atoms with Crippen LogP contribution in [0, 0.1) is 30.2 Å². The van der Waals surface area contributed by atoms with Gasteiger partial charge in [0.2, 0.25) is 0 Å². The Hall–Kier alpha value is -4.18. The molecule has 0 saturated carbocycles. The van der Waals surface area contributed by atoms with Crippen molar-refractivity contribution in [2.75, 3.05) is 0 Å². The molecule has 49 heavy (non-hydrogen) atoms. The molecule has 0 heterocycles. The Morgan fingerprint density at radius 2 is 0.878 bits per heavy atom. The van der Waals surface area contributed by atoms with Gasteiger partial charge in [-0.25, -0.2) is 17.6 Å². The molecule has 2 aliphatic rings. The average molecular weight is 661 g/mol. The molecule has 0 saturated heterocycles. The number of hydrogen-bond acceptors (Lipinski definition) is 0. The molecule has 4 heteroatoms. The molecule has 5 aromatic carbocycles. The normalized spacial score (nSPS) is 15.6. The summed E-state index contributed by atoms with van der Waals surface area (Å²) in [5.41, 5.74) is 6.84. The maximum Gasteiger partial charge on any atom is 0.170 e. The molecule has 0 aromatic heterocycles. The van der Waals surface area contributed by atoms with Gasteiger partial charge in [-0.05, 0) is 90.6 Å². The Kier molecular flexibility index (Phi) is 7.08. The van der Waals surface area contributed by atoms with Gasteiger partial charge in [-0.15, -0.1) is 0 Å². The molecule has 0 spiro atoms. The van der Waals surface area contributed by atoms with Crippen molar-refractivity contribution in [2.45, 2.75) is 97.8 Å². The van der Waals surface area contributed by atoms with Crippen molar-refractivity contribution in [3.63, 3.8) is 0 Å². The summed E-state index contributed by atoms with van der Waals surface area (Å²) in [5, 5.41) is 0. The van der Waals surface area contributed by atoms with Gasteiger partial charge < -0.3 is 0 Å². The molecule has 0 atom stereocenters. The Labute approximate surface area is 288 Å². The molecule has 0 unspecified atom stereocenters. The van der Waals surface area contributed by atoms with E-state index in [0.29, 0.717) is 11.1 Å². The highest BCUT2D eigenvalue weighted by atomic mass is 19.2. The number of hydrogen-bond donors (Lipinski definition) is 0. The zero-order chi connectivity index (χ0) is 35.7. The van der Waals surface area contributed by atoms with Crippen LogP contribution in [0.15, 0.2) is 66.7 Å². The summed E-state index contributed by atoms with van der Waals surface area (Å²) >= 11 is 0. The van der Waals surface area contributed by atoms with Gasteiger partial charge >= 0.3 is 0 Å². The third kappa shape index (κ3) is 4.69. The zero-order valence-corrected chi connectivity index (χ0v) is 30.4. The van der Waals surface area contributed by atoms with Crippen LogP contribution in [0.25, 0.3) is 44.5 Å². The van der Waals surface area contributed by atoms with Crippen LogP contribution in [-0.4, -0.2) is 0 Å². The van der Waals surface area contributed by atoms with E-state index >= 15 is 17.6 Å². The minimum Gasteiger partial charge on any atom is -0.203 e. The first-order valence-corrected chi connectivity index (χ1v) is 17.1. The van der Waals surface area contributed by atoms with E-state index in [4.69, 9.17) is 0 Å². The Bertz CT molecular complexity index is 2210. The Morgan fingerprint density at radius 3 is 1.43 bits per heavy atom. The maximum atomic E-state index is 16.8. The molecular weight excluding hydrogens is 616 g/mol. The van der Waals surface area contributed by atoms with Gasteiger partial charge in [-0.2, -0.15) is 0 Å². The lowest BCUT2D eigenvalue weighted by Crippen LogP contribution is -2.18. The third-order valence-corrected chi connectivity index (χ3v) is 11.1. The molecule has 7 rings (SSSR count). The van der Waals surface area contributed by atoms with Crippen LogP contribution >= 0.6 is 0 Å². The number of aryl methyl sites for hydroxylation is 1. The molecule has 0 fully saturated rings. The van der Waals surface area contributed by atoms with Crippen molar-refractivity contribution < 1.29 is 17.6 Å². The van der Waals surface area contributed by atoms with Gasteiger partial charge in [0, 0.05) is 10.8 Å². The minimum atomic E-state index is -1.39. The Balaban J connectivity index is 1.53. The summed E-state index contributed by atoms with van der Waals surface area (Å²) in [7, 11) is 0. The molecule has 2 aliphatic carbocycles. The van der Waals surface area contributed by atoms with Gasteiger partial charge in [0.1, 0.15) is 0 Å². The van der Waals surface area contributed by atoms with Crippen molar-refractivity contribution in [2.24, 2.45) is 0 Å². The largest absolute Gasteiger partial charge is 0.203 e. The molecule has 0 aliphatic heterocycles. The van der Waals surface area contributed by atoms with Gasteiger partial charge in [-0.3, -0.25) is 0 Å². The third-order valence-electron chi connectivity index (χ3n) is 11.1. The fourth-order valence-electron chi connectivity index (χ4n) is 8.21. The fraction of sp³-hybridized carbons (Fsp3) is 0.333. The van der Waals surface area contributed by atoms with E-state index in [9.17, 15) is 0 Å². The minimum absolute atomic E-state index is 0.112. The van der Waals surface area contributed by atoms with Crippen molar-refractivity contribution in [1.82, 2.24) is 0 Å². The fourth-order valence-corrected chi connectivity index (χ4v) is 8.21. The van der Waals surface area contributed by atoms with E-state index in [2.05, 4.69) is 60.6 Å². The molecule has 252 valence electrons. The van der Waals surface area contributed by atoms with Gasteiger partial charge in [0.05, 0.1) is 11.1 Å². The van der Waals surface area contributed by atoms with Crippen LogP contribution in [0.5, 0.6) is 0 Å². The first-order valence-electron chi connectivity index (χ1n) is 17.1.